The summed E-state index contributed by atoms with van der Waals surface area (Å²) in [4.78, 5) is 12.1. The molecule has 3 rings (SSSR count). The monoisotopic (exact) mass is 412 g/mol. The summed E-state index contributed by atoms with van der Waals surface area (Å²) in [6, 6.07) is 20.0. The van der Waals surface area contributed by atoms with Crippen LogP contribution in [-0.4, -0.2) is 12.1 Å². The van der Waals surface area contributed by atoms with Crippen molar-refractivity contribution in [3.8, 4) is 5.75 Å². The second kappa shape index (κ2) is 9.40. The fourth-order valence-electron chi connectivity index (χ4n) is 2.50. The Balaban J connectivity index is 1.59. The molecule has 0 aliphatic heterocycles. The van der Waals surface area contributed by atoms with Crippen molar-refractivity contribution in [2.75, 3.05) is 0 Å². The predicted octanol–water partition coefficient (Wildman–Crippen LogP) is 5.64. The molecule has 0 atom stereocenters. The lowest BCUT2D eigenvalue weighted by Crippen LogP contribution is -2.17. The molecule has 0 bridgehead atoms. The van der Waals surface area contributed by atoms with Crippen molar-refractivity contribution in [1.29, 1.82) is 0 Å². The smallest absolute Gasteiger partial charge is 0.271 e. The van der Waals surface area contributed by atoms with Gasteiger partial charge in [0.25, 0.3) is 5.91 Å². The van der Waals surface area contributed by atoms with Crippen molar-refractivity contribution in [2.45, 2.75) is 13.5 Å². The lowest BCUT2D eigenvalue weighted by Gasteiger charge is -2.08. The predicted molar refractivity (Wildman–Crippen MR) is 113 cm³/mol. The summed E-state index contributed by atoms with van der Waals surface area (Å²) >= 11 is 12.1. The molecular weight excluding hydrogens is 395 g/mol. The molecule has 0 aliphatic carbocycles. The van der Waals surface area contributed by atoms with E-state index >= 15 is 0 Å². The first-order valence-electron chi connectivity index (χ1n) is 8.58. The van der Waals surface area contributed by atoms with Gasteiger partial charge in [0.1, 0.15) is 12.4 Å². The summed E-state index contributed by atoms with van der Waals surface area (Å²) in [7, 11) is 0. The Morgan fingerprint density at radius 2 is 1.89 bits per heavy atom. The minimum Gasteiger partial charge on any atom is -0.489 e. The van der Waals surface area contributed by atoms with Crippen molar-refractivity contribution in [3.63, 3.8) is 0 Å². The van der Waals surface area contributed by atoms with E-state index in [0.717, 1.165) is 16.7 Å². The van der Waals surface area contributed by atoms with Crippen molar-refractivity contribution >= 4 is 35.3 Å². The standard InChI is InChI=1S/C22H18Cl2N2O2/c1-15-4-2-6-17(10-15)22(27)26-25-13-16-5-3-7-20(11-16)28-14-18-8-9-19(23)12-21(18)24/h2-13H,14H2,1H3,(H,26,27)/b25-13-. The zero-order valence-electron chi connectivity index (χ0n) is 15.2. The summed E-state index contributed by atoms with van der Waals surface area (Å²) < 4.78 is 5.79. The molecule has 0 fully saturated rings. The molecule has 1 amide bonds. The van der Waals surface area contributed by atoms with Gasteiger partial charge in [-0.2, -0.15) is 5.10 Å². The molecular formula is C22H18Cl2N2O2. The first-order chi connectivity index (χ1) is 13.5. The highest BCUT2D eigenvalue weighted by Crippen LogP contribution is 2.23. The number of hydrazone groups is 1. The zero-order valence-corrected chi connectivity index (χ0v) is 16.7. The Kier molecular flexibility index (Phi) is 6.69. The number of rotatable bonds is 6. The van der Waals surface area contributed by atoms with Crippen LogP contribution in [0.3, 0.4) is 0 Å². The van der Waals surface area contributed by atoms with Crippen molar-refractivity contribution in [2.24, 2.45) is 5.10 Å². The molecule has 0 aliphatic rings. The highest BCUT2D eigenvalue weighted by molar-refractivity contribution is 6.35. The van der Waals surface area contributed by atoms with Crippen LogP contribution in [0.1, 0.15) is 27.0 Å². The van der Waals surface area contributed by atoms with Crippen molar-refractivity contribution in [3.05, 3.63) is 99.0 Å². The molecule has 0 heterocycles. The van der Waals surface area contributed by atoms with Crippen molar-refractivity contribution in [1.82, 2.24) is 5.43 Å². The highest BCUT2D eigenvalue weighted by atomic mass is 35.5. The molecule has 3 aromatic rings. The number of amides is 1. The average molecular weight is 413 g/mol. The number of hydrogen-bond acceptors (Lipinski definition) is 3. The number of halogens is 2. The maximum Gasteiger partial charge on any atom is 0.271 e. The number of nitrogens with zero attached hydrogens (tertiary/aromatic N) is 1. The zero-order chi connectivity index (χ0) is 19.9. The highest BCUT2D eigenvalue weighted by Gasteiger charge is 2.04. The summed E-state index contributed by atoms with van der Waals surface area (Å²) in [6.07, 6.45) is 1.57. The fraction of sp³-hybridized carbons (Fsp3) is 0.0909. The number of carbonyl (C=O) groups excluding carboxylic acids is 1. The van der Waals surface area contributed by atoms with Gasteiger partial charge in [0.15, 0.2) is 0 Å². The SMILES string of the molecule is Cc1cccc(C(=O)N/N=C\c2cccc(OCc3ccc(Cl)cc3Cl)c2)c1. The summed E-state index contributed by atoms with van der Waals surface area (Å²) in [6.45, 7) is 2.25. The number of carbonyl (C=O) groups is 1. The first kappa shape index (κ1) is 19.9. The molecule has 1 N–H and O–H groups in total. The van der Waals surface area contributed by atoms with Crippen LogP contribution in [0.15, 0.2) is 71.8 Å². The minimum absolute atomic E-state index is 0.260. The Bertz CT molecular complexity index is 1020. The van der Waals surface area contributed by atoms with Crippen LogP contribution in [0.2, 0.25) is 10.0 Å². The molecule has 28 heavy (non-hydrogen) atoms. The number of hydrogen-bond donors (Lipinski definition) is 1. The first-order valence-corrected chi connectivity index (χ1v) is 9.34. The van der Waals surface area contributed by atoms with Crippen LogP contribution < -0.4 is 10.2 Å². The van der Waals surface area contributed by atoms with Crippen LogP contribution in [-0.2, 0) is 6.61 Å². The average Bonchev–Trinajstić information content (AvgIpc) is 2.67. The third kappa shape index (κ3) is 5.59. The summed E-state index contributed by atoms with van der Waals surface area (Å²) in [5.74, 6) is 0.407. The topological polar surface area (TPSA) is 50.7 Å². The van der Waals surface area contributed by atoms with E-state index < -0.39 is 0 Å². The van der Waals surface area contributed by atoms with Gasteiger partial charge in [0.05, 0.1) is 6.21 Å². The molecule has 0 unspecified atom stereocenters. The van der Waals surface area contributed by atoms with E-state index in [0.29, 0.717) is 28.0 Å². The molecule has 4 nitrogen and oxygen atoms in total. The summed E-state index contributed by atoms with van der Waals surface area (Å²) in [5, 5.41) is 5.16. The molecule has 0 spiro atoms. The Labute approximate surface area is 173 Å². The van der Waals surface area contributed by atoms with Crippen LogP contribution in [0.25, 0.3) is 0 Å². The van der Waals surface area contributed by atoms with E-state index in [1.54, 1.807) is 30.5 Å². The molecule has 142 valence electrons. The van der Waals surface area contributed by atoms with Gasteiger partial charge in [-0.25, -0.2) is 5.43 Å². The maximum atomic E-state index is 12.1. The van der Waals surface area contributed by atoms with E-state index in [1.807, 2.05) is 49.4 Å². The van der Waals surface area contributed by atoms with Gasteiger partial charge < -0.3 is 4.74 Å². The van der Waals surface area contributed by atoms with Crippen LogP contribution in [0, 0.1) is 6.92 Å². The Morgan fingerprint density at radius 1 is 1.07 bits per heavy atom. The lowest BCUT2D eigenvalue weighted by atomic mass is 10.1. The molecule has 0 saturated heterocycles. The Morgan fingerprint density at radius 3 is 2.68 bits per heavy atom. The molecule has 0 aromatic heterocycles. The second-order valence-corrected chi connectivity index (χ2v) is 7.01. The maximum absolute atomic E-state index is 12.1. The van der Waals surface area contributed by atoms with Gasteiger partial charge in [0.2, 0.25) is 0 Å². The molecule has 0 radical (unpaired) electrons. The quantitative estimate of drug-likeness (QED) is 0.420. The van der Waals surface area contributed by atoms with Crippen molar-refractivity contribution < 1.29 is 9.53 Å². The van der Waals surface area contributed by atoms with Crippen LogP contribution in [0.4, 0.5) is 0 Å². The third-order valence-corrected chi connectivity index (χ3v) is 4.51. The summed E-state index contributed by atoms with van der Waals surface area (Å²) in [5.41, 5.74) is 5.74. The van der Waals surface area contributed by atoms with E-state index in [1.165, 1.54) is 0 Å². The van der Waals surface area contributed by atoms with Gasteiger partial charge in [-0.05, 0) is 48.9 Å². The third-order valence-electron chi connectivity index (χ3n) is 3.93. The van der Waals surface area contributed by atoms with Gasteiger partial charge in [-0.15, -0.1) is 0 Å². The van der Waals surface area contributed by atoms with Crippen LogP contribution in [0.5, 0.6) is 5.75 Å². The largest absolute Gasteiger partial charge is 0.489 e. The van der Waals surface area contributed by atoms with E-state index in [9.17, 15) is 4.79 Å². The second-order valence-electron chi connectivity index (χ2n) is 6.17. The molecule has 3 aromatic carbocycles. The molecule has 0 saturated carbocycles. The fourth-order valence-corrected chi connectivity index (χ4v) is 2.96. The van der Waals surface area contributed by atoms with E-state index in [2.05, 4.69) is 10.5 Å². The van der Waals surface area contributed by atoms with Crippen LogP contribution >= 0.6 is 23.2 Å². The number of nitrogens with one attached hydrogen (secondary N) is 1. The van der Waals surface area contributed by atoms with Gasteiger partial charge in [0, 0.05) is 21.2 Å². The normalized spacial score (nSPS) is 10.8. The number of ether oxygens (including phenoxy) is 1. The lowest BCUT2D eigenvalue weighted by molar-refractivity contribution is 0.0955. The minimum atomic E-state index is -0.260. The van der Waals surface area contributed by atoms with E-state index in [4.69, 9.17) is 27.9 Å². The van der Waals surface area contributed by atoms with Gasteiger partial charge in [-0.3, -0.25) is 4.79 Å². The number of benzene rings is 3. The number of aryl methyl sites for hydroxylation is 1. The van der Waals surface area contributed by atoms with Gasteiger partial charge in [-0.1, -0.05) is 59.1 Å². The van der Waals surface area contributed by atoms with E-state index in [-0.39, 0.29) is 5.91 Å². The molecule has 6 heteroatoms. The Hall–Kier alpha value is -2.82. The van der Waals surface area contributed by atoms with Gasteiger partial charge >= 0.3 is 0 Å².